The third-order valence-corrected chi connectivity index (χ3v) is 2.95. The summed E-state index contributed by atoms with van der Waals surface area (Å²) in [5.41, 5.74) is 0. The first-order valence-electron chi connectivity index (χ1n) is 5.53. The van der Waals surface area contributed by atoms with Crippen LogP contribution in [0.5, 0.6) is 0 Å². The van der Waals surface area contributed by atoms with Crippen molar-refractivity contribution in [2.45, 2.75) is 45.6 Å². The van der Waals surface area contributed by atoms with Gasteiger partial charge in [0.1, 0.15) is 0 Å². The molecule has 2 N–H and O–H groups in total. The van der Waals surface area contributed by atoms with Crippen LogP contribution in [0.25, 0.3) is 0 Å². The Morgan fingerprint density at radius 2 is 1.86 bits per heavy atom. The molecular weight excluding hydrogens is 178 g/mol. The monoisotopic (exact) mass is 199 g/mol. The number of rotatable bonds is 4. The maximum absolute atomic E-state index is 10.3. The lowest BCUT2D eigenvalue weighted by Crippen LogP contribution is -2.37. The number of nitrogens with one attached hydrogen (secondary N) is 1. The van der Waals surface area contributed by atoms with Crippen molar-refractivity contribution in [1.29, 1.82) is 0 Å². The van der Waals surface area contributed by atoms with E-state index < -0.39 is 5.97 Å². The summed E-state index contributed by atoms with van der Waals surface area (Å²) >= 11 is 0. The SMILES string of the molecule is CC1CC(C)CC(NCCC(=O)O)C1. The fourth-order valence-electron chi connectivity index (χ4n) is 2.50. The zero-order valence-electron chi connectivity index (χ0n) is 9.12. The Morgan fingerprint density at radius 1 is 1.29 bits per heavy atom. The number of carboxylic acids is 1. The normalized spacial score (nSPS) is 32.9. The number of aliphatic carboxylic acids is 1. The highest BCUT2D eigenvalue weighted by Gasteiger charge is 2.23. The van der Waals surface area contributed by atoms with E-state index in [2.05, 4.69) is 19.2 Å². The third-order valence-electron chi connectivity index (χ3n) is 2.95. The Balaban J connectivity index is 2.20. The van der Waals surface area contributed by atoms with Crippen molar-refractivity contribution in [2.24, 2.45) is 11.8 Å². The molecule has 0 aromatic rings. The van der Waals surface area contributed by atoms with E-state index in [1.54, 1.807) is 0 Å². The molecule has 0 aliphatic heterocycles. The van der Waals surface area contributed by atoms with Gasteiger partial charge in [-0.2, -0.15) is 0 Å². The van der Waals surface area contributed by atoms with E-state index >= 15 is 0 Å². The molecule has 1 aliphatic carbocycles. The molecule has 0 spiro atoms. The van der Waals surface area contributed by atoms with Crippen molar-refractivity contribution >= 4 is 5.97 Å². The fourth-order valence-corrected chi connectivity index (χ4v) is 2.50. The Hall–Kier alpha value is -0.570. The lowest BCUT2D eigenvalue weighted by Gasteiger charge is -2.32. The van der Waals surface area contributed by atoms with Gasteiger partial charge in [0.15, 0.2) is 0 Å². The minimum absolute atomic E-state index is 0.235. The first kappa shape index (κ1) is 11.5. The van der Waals surface area contributed by atoms with Crippen LogP contribution < -0.4 is 5.32 Å². The number of hydrogen-bond donors (Lipinski definition) is 2. The summed E-state index contributed by atoms with van der Waals surface area (Å²) in [6, 6.07) is 0.535. The Bertz CT molecular complexity index is 184. The standard InChI is InChI=1S/C11H21NO2/c1-8-5-9(2)7-10(6-8)12-4-3-11(13)14/h8-10,12H,3-7H2,1-2H3,(H,13,14). The maximum atomic E-state index is 10.3. The molecule has 0 radical (unpaired) electrons. The van der Waals surface area contributed by atoms with Crippen LogP contribution in [0.15, 0.2) is 0 Å². The summed E-state index contributed by atoms with van der Waals surface area (Å²) in [5, 5.41) is 11.8. The van der Waals surface area contributed by atoms with Crippen molar-refractivity contribution in [3.63, 3.8) is 0 Å². The first-order valence-corrected chi connectivity index (χ1v) is 5.53. The summed E-state index contributed by atoms with van der Waals surface area (Å²) in [5.74, 6) is 0.844. The molecule has 1 saturated carbocycles. The summed E-state index contributed by atoms with van der Waals surface area (Å²) in [6.07, 6.45) is 3.95. The molecule has 2 atom stereocenters. The predicted molar refractivity (Wildman–Crippen MR) is 56.2 cm³/mol. The van der Waals surface area contributed by atoms with Gasteiger partial charge in [-0.1, -0.05) is 13.8 Å². The van der Waals surface area contributed by atoms with Gasteiger partial charge >= 0.3 is 5.97 Å². The quantitative estimate of drug-likeness (QED) is 0.726. The fraction of sp³-hybridized carbons (Fsp3) is 0.909. The van der Waals surface area contributed by atoms with Crippen molar-refractivity contribution in [1.82, 2.24) is 5.32 Å². The molecule has 1 rings (SSSR count). The van der Waals surface area contributed by atoms with Gasteiger partial charge in [0.25, 0.3) is 0 Å². The van der Waals surface area contributed by atoms with Gasteiger partial charge in [-0.25, -0.2) is 0 Å². The van der Waals surface area contributed by atoms with E-state index in [1.165, 1.54) is 19.3 Å². The van der Waals surface area contributed by atoms with Crippen LogP contribution in [-0.4, -0.2) is 23.7 Å². The van der Waals surface area contributed by atoms with Gasteiger partial charge in [-0.3, -0.25) is 4.79 Å². The van der Waals surface area contributed by atoms with Crippen LogP contribution in [0, 0.1) is 11.8 Å². The molecule has 0 amide bonds. The van der Waals surface area contributed by atoms with Gasteiger partial charge in [0.2, 0.25) is 0 Å². The molecule has 0 aromatic carbocycles. The molecule has 0 bridgehead atoms. The van der Waals surface area contributed by atoms with Crippen LogP contribution in [0.2, 0.25) is 0 Å². The van der Waals surface area contributed by atoms with Gasteiger partial charge in [-0.15, -0.1) is 0 Å². The summed E-state index contributed by atoms with van der Waals surface area (Å²) in [6.45, 7) is 5.17. The van der Waals surface area contributed by atoms with E-state index in [9.17, 15) is 4.79 Å². The largest absolute Gasteiger partial charge is 0.481 e. The third kappa shape index (κ3) is 4.09. The lowest BCUT2D eigenvalue weighted by molar-refractivity contribution is -0.136. The Morgan fingerprint density at radius 3 is 2.36 bits per heavy atom. The first-order chi connectivity index (χ1) is 6.58. The number of carboxylic acid groups (broad SMARTS) is 1. The van der Waals surface area contributed by atoms with Crippen LogP contribution in [0.3, 0.4) is 0 Å². The number of hydrogen-bond acceptors (Lipinski definition) is 2. The van der Waals surface area contributed by atoms with E-state index in [4.69, 9.17) is 5.11 Å². The molecule has 1 fully saturated rings. The second-order valence-corrected chi connectivity index (χ2v) is 4.71. The molecule has 14 heavy (non-hydrogen) atoms. The minimum Gasteiger partial charge on any atom is -0.481 e. The van der Waals surface area contributed by atoms with Crippen molar-refractivity contribution < 1.29 is 9.90 Å². The number of carbonyl (C=O) groups is 1. The van der Waals surface area contributed by atoms with Gasteiger partial charge in [0.05, 0.1) is 6.42 Å². The maximum Gasteiger partial charge on any atom is 0.304 e. The molecule has 3 heteroatoms. The van der Waals surface area contributed by atoms with Crippen molar-refractivity contribution in [2.75, 3.05) is 6.54 Å². The average molecular weight is 199 g/mol. The molecule has 3 nitrogen and oxygen atoms in total. The predicted octanol–water partition coefficient (Wildman–Crippen LogP) is 1.88. The minimum atomic E-state index is -0.714. The summed E-state index contributed by atoms with van der Waals surface area (Å²) < 4.78 is 0. The van der Waals surface area contributed by atoms with Crippen LogP contribution in [0.1, 0.15) is 39.5 Å². The lowest BCUT2D eigenvalue weighted by atomic mass is 9.80. The van der Waals surface area contributed by atoms with Crippen molar-refractivity contribution in [3.8, 4) is 0 Å². The molecule has 1 aliphatic rings. The van der Waals surface area contributed by atoms with Crippen LogP contribution in [0.4, 0.5) is 0 Å². The van der Waals surface area contributed by atoms with Gasteiger partial charge in [-0.05, 0) is 31.1 Å². The highest BCUT2D eigenvalue weighted by Crippen LogP contribution is 2.28. The molecular formula is C11H21NO2. The van der Waals surface area contributed by atoms with Gasteiger partial charge in [0, 0.05) is 12.6 Å². The summed E-state index contributed by atoms with van der Waals surface area (Å²) in [4.78, 5) is 10.3. The second-order valence-electron chi connectivity index (χ2n) is 4.71. The molecule has 0 heterocycles. The summed E-state index contributed by atoms with van der Waals surface area (Å²) in [7, 11) is 0. The van der Waals surface area contributed by atoms with E-state index in [1.807, 2.05) is 0 Å². The Labute approximate surface area is 85.9 Å². The topological polar surface area (TPSA) is 49.3 Å². The zero-order chi connectivity index (χ0) is 10.6. The second kappa shape index (κ2) is 5.35. The zero-order valence-corrected chi connectivity index (χ0v) is 9.12. The van der Waals surface area contributed by atoms with E-state index in [-0.39, 0.29) is 6.42 Å². The van der Waals surface area contributed by atoms with Crippen molar-refractivity contribution in [3.05, 3.63) is 0 Å². The highest BCUT2D eigenvalue weighted by atomic mass is 16.4. The molecule has 82 valence electrons. The van der Waals surface area contributed by atoms with Gasteiger partial charge < -0.3 is 10.4 Å². The Kier molecular flexibility index (Phi) is 4.39. The molecule has 0 saturated heterocycles. The van der Waals surface area contributed by atoms with E-state index in [0.29, 0.717) is 12.6 Å². The average Bonchev–Trinajstić information content (AvgIpc) is 2.01. The smallest absolute Gasteiger partial charge is 0.304 e. The van der Waals surface area contributed by atoms with Crippen LogP contribution >= 0.6 is 0 Å². The van der Waals surface area contributed by atoms with Crippen LogP contribution in [-0.2, 0) is 4.79 Å². The molecule has 2 unspecified atom stereocenters. The van der Waals surface area contributed by atoms with E-state index in [0.717, 1.165) is 11.8 Å². The highest BCUT2D eigenvalue weighted by molar-refractivity contribution is 5.66. The molecule has 0 aromatic heterocycles.